The molecule has 1 fully saturated rings. The van der Waals surface area contributed by atoms with E-state index in [0.717, 1.165) is 31.6 Å². The minimum absolute atomic E-state index is 0.120. The van der Waals surface area contributed by atoms with E-state index in [1.54, 1.807) is 12.1 Å². The molecule has 1 saturated heterocycles. The molecule has 0 spiro atoms. The van der Waals surface area contributed by atoms with Crippen LogP contribution in [0.25, 0.3) is 0 Å². The second kappa shape index (κ2) is 6.27. The van der Waals surface area contributed by atoms with Gasteiger partial charge in [-0.3, -0.25) is 4.90 Å². The van der Waals surface area contributed by atoms with Gasteiger partial charge >= 0.3 is 0 Å². The van der Waals surface area contributed by atoms with Gasteiger partial charge in [0.25, 0.3) is 0 Å². The fourth-order valence-electron chi connectivity index (χ4n) is 2.49. The van der Waals surface area contributed by atoms with Crippen LogP contribution in [-0.4, -0.2) is 37.7 Å². The van der Waals surface area contributed by atoms with Gasteiger partial charge in [-0.05, 0) is 37.6 Å². The minimum Gasteiger partial charge on any atom is -0.377 e. The Morgan fingerprint density at radius 1 is 1.44 bits per heavy atom. The molecule has 0 amide bonds. The van der Waals surface area contributed by atoms with E-state index in [2.05, 4.69) is 4.90 Å². The van der Waals surface area contributed by atoms with Crippen molar-refractivity contribution in [1.29, 1.82) is 0 Å². The molecule has 3 nitrogen and oxygen atoms in total. The van der Waals surface area contributed by atoms with Gasteiger partial charge in [0, 0.05) is 25.7 Å². The fraction of sp³-hybridized carbons (Fsp3) is 0.571. The second-order valence-electron chi connectivity index (χ2n) is 4.88. The van der Waals surface area contributed by atoms with Gasteiger partial charge in [0.2, 0.25) is 0 Å². The number of halogens is 1. The molecular formula is C14H21FN2O. The third kappa shape index (κ3) is 3.28. The van der Waals surface area contributed by atoms with Gasteiger partial charge in [-0.25, -0.2) is 4.39 Å². The van der Waals surface area contributed by atoms with Crippen LogP contribution in [0.4, 0.5) is 4.39 Å². The van der Waals surface area contributed by atoms with Crippen LogP contribution in [0.5, 0.6) is 0 Å². The molecule has 2 N–H and O–H groups in total. The summed E-state index contributed by atoms with van der Waals surface area (Å²) in [6.07, 6.45) is 2.57. The van der Waals surface area contributed by atoms with E-state index in [1.807, 2.05) is 7.05 Å². The number of ether oxygens (including phenoxy) is 1. The number of nitrogens with zero attached hydrogens (tertiary/aromatic N) is 1. The van der Waals surface area contributed by atoms with E-state index in [9.17, 15) is 4.39 Å². The maximum Gasteiger partial charge on any atom is 0.123 e. The summed E-state index contributed by atoms with van der Waals surface area (Å²) < 4.78 is 18.5. The van der Waals surface area contributed by atoms with Crippen molar-refractivity contribution in [3.8, 4) is 0 Å². The van der Waals surface area contributed by atoms with Gasteiger partial charge in [0.1, 0.15) is 5.82 Å². The van der Waals surface area contributed by atoms with Crippen LogP contribution >= 0.6 is 0 Å². The normalized spacial score (nSPS) is 21.4. The van der Waals surface area contributed by atoms with E-state index < -0.39 is 0 Å². The molecule has 2 rings (SSSR count). The Morgan fingerprint density at radius 3 is 2.72 bits per heavy atom. The maximum absolute atomic E-state index is 12.9. The Morgan fingerprint density at radius 2 is 2.17 bits per heavy atom. The van der Waals surface area contributed by atoms with Crippen LogP contribution in [0.2, 0.25) is 0 Å². The summed E-state index contributed by atoms with van der Waals surface area (Å²) in [6, 6.07) is 6.70. The van der Waals surface area contributed by atoms with Crippen LogP contribution in [0.3, 0.4) is 0 Å². The average Bonchev–Trinajstić information content (AvgIpc) is 2.85. The van der Waals surface area contributed by atoms with Crippen LogP contribution in [0, 0.1) is 5.82 Å². The van der Waals surface area contributed by atoms with E-state index in [-0.39, 0.29) is 11.9 Å². The van der Waals surface area contributed by atoms with Crippen LogP contribution in [-0.2, 0) is 4.74 Å². The number of hydrogen-bond acceptors (Lipinski definition) is 3. The quantitative estimate of drug-likeness (QED) is 0.870. The lowest BCUT2D eigenvalue weighted by molar-refractivity contribution is 0.0689. The summed E-state index contributed by atoms with van der Waals surface area (Å²) in [5, 5.41) is 0. The summed E-state index contributed by atoms with van der Waals surface area (Å²) in [4.78, 5) is 2.20. The monoisotopic (exact) mass is 252 g/mol. The lowest BCUT2D eigenvalue weighted by Gasteiger charge is -2.29. The number of nitrogens with two attached hydrogens (primary N) is 1. The third-order valence-electron chi connectivity index (χ3n) is 3.53. The smallest absolute Gasteiger partial charge is 0.123 e. The molecule has 4 heteroatoms. The Labute approximate surface area is 108 Å². The van der Waals surface area contributed by atoms with Crippen molar-refractivity contribution < 1.29 is 9.13 Å². The first-order valence-electron chi connectivity index (χ1n) is 6.48. The average molecular weight is 252 g/mol. The molecule has 18 heavy (non-hydrogen) atoms. The van der Waals surface area contributed by atoms with E-state index >= 15 is 0 Å². The van der Waals surface area contributed by atoms with Crippen molar-refractivity contribution in [2.24, 2.45) is 5.73 Å². The van der Waals surface area contributed by atoms with Crippen LogP contribution in [0.1, 0.15) is 24.4 Å². The van der Waals surface area contributed by atoms with Crippen molar-refractivity contribution in [3.63, 3.8) is 0 Å². The Bertz CT molecular complexity index is 363. The molecular weight excluding hydrogens is 231 g/mol. The van der Waals surface area contributed by atoms with Crippen molar-refractivity contribution in [1.82, 2.24) is 4.90 Å². The molecule has 100 valence electrons. The van der Waals surface area contributed by atoms with Gasteiger partial charge < -0.3 is 10.5 Å². The van der Waals surface area contributed by atoms with Gasteiger partial charge in [-0.2, -0.15) is 0 Å². The first-order chi connectivity index (χ1) is 8.70. The van der Waals surface area contributed by atoms with Gasteiger partial charge in [0.05, 0.1) is 6.10 Å². The highest BCUT2D eigenvalue weighted by atomic mass is 19.1. The largest absolute Gasteiger partial charge is 0.377 e. The number of hydrogen-bond donors (Lipinski definition) is 1. The highest BCUT2D eigenvalue weighted by Crippen LogP contribution is 2.21. The lowest BCUT2D eigenvalue weighted by atomic mass is 10.1. The summed E-state index contributed by atoms with van der Waals surface area (Å²) in [6.45, 7) is 2.26. The lowest BCUT2D eigenvalue weighted by Crippen LogP contribution is -2.36. The molecule has 1 heterocycles. The fourth-order valence-corrected chi connectivity index (χ4v) is 2.49. The summed E-state index contributed by atoms with van der Waals surface area (Å²) in [7, 11) is 2.04. The molecule has 0 saturated carbocycles. The molecule has 0 radical (unpaired) electrons. The first kappa shape index (κ1) is 13.5. The van der Waals surface area contributed by atoms with Crippen LogP contribution in [0.15, 0.2) is 24.3 Å². The Kier molecular flexibility index (Phi) is 4.69. The van der Waals surface area contributed by atoms with E-state index in [1.165, 1.54) is 12.1 Å². The van der Waals surface area contributed by atoms with Crippen molar-refractivity contribution in [2.45, 2.75) is 25.0 Å². The molecule has 0 aromatic heterocycles. The molecule has 0 aliphatic carbocycles. The van der Waals surface area contributed by atoms with E-state index in [0.29, 0.717) is 12.6 Å². The van der Waals surface area contributed by atoms with Crippen molar-refractivity contribution in [2.75, 3.05) is 26.7 Å². The first-order valence-corrected chi connectivity index (χ1v) is 6.48. The molecule has 1 aliphatic heterocycles. The zero-order valence-corrected chi connectivity index (χ0v) is 10.8. The Hall–Kier alpha value is -0.970. The second-order valence-corrected chi connectivity index (χ2v) is 4.88. The SMILES string of the molecule is CN(CC1CCCO1)C(CN)c1ccc(F)cc1. The van der Waals surface area contributed by atoms with E-state index in [4.69, 9.17) is 10.5 Å². The topological polar surface area (TPSA) is 38.5 Å². The number of benzene rings is 1. The number of rotatable bonds is 5. The highest BCUT2D eigenvalue weighted by molar-refractivity contribution is 5.20. The van der Waals surface area contributed by atoms with Gasteiger partial charge in [0.15, 0.2) is 0 Å². The summed E-state index contributed by atoms with van der Waals surface area (Å²) in [5.74, 6) is -0.212. The van der Waals surface area contributed by atoms with Gasteiger partial charge in [-0.15, -0.1) is 0 Å². The number of likely N-dealkylation sites (N-methyl/N-ethyl adjacent to an activating group) is 1. The zero-order chi connectivity index (χ0) is 13.0. The minimum atomic E-state index is -0.212. The standard InChI is InChI=1S/C14H21FN2O/c1-17(10-13-3-2-8-18-13)14(9-16)11-4-6-12(15)7-5-11/h4-7,13-14H,2-3,8-10,16H2,1H3. The molecule has 2 atom stereocenters. The Balaban J connectivity index is 2.00. The van der Waals surface area contributed by atoms with Crippen molar-refractivity contribution in [3.05, 3.63) is 35.6 Å². The van der Waals surface area contributed by atoms with Gasteiger partial charge in [-0.1, -0.05) is 12.1 Å². The predicted molar refractivity (Wildman–Crippen MR) is 69.8 cm³/mol. The third-order valence-corrected chi connectivity index (χ3v) is 3.53. The zero-order valence-electron chi connectivity index (χ0n) is 10.8. The maximum atomic E-state index is 12.9. The molecule has 1 aromatic rings. The molecule has 1 aliphatic rings. The molecule has 2 unspecified atom stereocenters. The van der Waals surface area contributed by atoms with Crippen LogP contribution < -0.4 is 5.73 Å². The highest BCUT2D eigenvalue weighted by Gasteiger charge is 2.22. The summed E-state index contributed by atoms with van der Waals surface area (Å²) >= 11 is 0. The molecule has 1 aromatic carbocycles. The summed E-state index contributed by atoms with van der Waals surface area (Å²) in [5.41, 5.74) is 6.90. The van der Waals surface area contributed by atoms with Crippen molar-refractivity contribution >= 4 is 0 Å². The predicted octanol–water partition coefficient (Wildman–Crippen LogP) is 1.94. The molecule has 0 bridgehead atoms.